The molecule has 242 valence electrons. The quantitative estimate of drug-likeness (QED) is 0.134. The van der Waals surface area contributed by atoms with E-state index in [0.29, 0.717) is 22.2 Å². The van der Waals surface area contributed by atoms with Gasteiger partial charge in [0.05, 0.1) is 10.6 Å². The van der Waals surface area contributed by atoms with E-state index in [2.05, 4.69) is 5.32 Å². The fraction of sp³-hybridized carbons (Fsp3) is 0.235. The van der Waals surface area contributed by atoms with Gasteiger partial charge in [-0.25, -0.2) is 8.42 Å². The lowest BCUT2D eigenvalue weighted by Gasteiger charge is -2.34. The molecule has 0 heterocycles. The molecule has 12 heteroatoms. The number of anilines is 1. The molecule has 0 fully saturated rings. The highest BCUT2D eigenvalue weighted by molar-refractivity contribution is 7.92. The van der Waals surface area contributed by atoms with Crippen LogP contribution in [0.25, 0.3) is 0 Å². The summed E-state index contributed by atoms with van der Waals surface area (Å²) in [5.74, 6) is -1.02. The average molecular weight is 722 g/mol. The molecule has 1 unspecified atom stereocenters. The smallest absolute Gasteiger partial charge is 0.264 e. The zero-order valence-electron chi connectivity index (χ0n) is 25.0. The number of carbonyl (C=O) groups is 2. The molecule has 0 aliphatic rings. The summed E-state index contributed by atoms with van der Waals surface area (Å²) in [5, 5.41) is 4.02. The van der Waals surface area contributed by atoms with Crippen LogP contribution >= 0.6 is 46.4 Å². The van der Waals surface area contributed by atoms with Gasteiger partial charge in [0.2, 0.25) is 11.8 Å². The zero-order chi connectivity index (χ0) is 33.3. The first-order valence-electron chi connectivity index (χ1n) is 14.6. The third kappa shape index (κ3) is 9.39. The normalized spacial score (nSPS) is 11.9. The number of halogens is 4. The lowest BCUT2D eigenvalue weighted by Crippen LogP contribution is -2.53. The first-order chi connectivity index (χ1) is 22.0. The number of hydrogen-bond acceptors (Lipinski definition) is 4. The van der Waals surface area contributed by atoms with Gasteiger partial charge in [0.15, 0.2) is 0 Å². The van der Waals surface area contributed by atoms with E-state index in [1.165, 1.54) is 35.2 Å². The second-order valence-electron chi connectivity index (χ2n) is 10.6. The minimum atomic E-state index is -4.30. The maximum atomic E-state index is 14.5. The van der Waals surface area contributed by atoms with Crippen LogP contribution in [0.3, 0.4) is 0 Å². The van der Waals surface area contributed by atoms with E-state index < -0.39 is 28.5 Å². The van der Waals surface area contributed by atoms with Gasteiger partial charge in [-0.2, -0.15) is 0 Å². The molecule has 46 heavy (non-hydrogen) atoms. The number of carbonyl (C=O) groups excluding carboxylic acids is 2. The van der Waals surface area contributed by atoms with Crippen molar-refractivity contribution in [2.75, 3.05) is 17.4 Å². The molecule has 0 radical (unpaired) electrons. The number of rotatable bonds is 14. The molecule has 7 nitrogen and oxygen atoms in total. The van der Waals surface area contributed by atoms with Gasteiger partial charge in [-0.05, 0) is 60.0 Å². The number of hydrogen-bond donors (Lipinski definition) is 1. The molecule has 4 aromatic carbocycles. The summed E-state index contributed by atoms with van der Waals surface area (Å²) >= 11 is 25.3. The summed E-state index contributed by atoms with van der Waals surface area (Å²) in [6.07, 6.45) is 1.78. The van der Waals surface area contributed by atoms with Crippen molar-refractivity contribution in [3.63, 3.8) is 0 Å². The molecule has 0 bridgehead atoms. The van der Waals surface area contributed by atoms with Gasteiger partial charge in [-0.1, -0.05) is 114 Å². The van der Waals surface area contributed by atoms with E-state index in [1.807, 2.05) is 37.3 Å². The highest BCUT2D eigenvalue weighted by atomic mass is 35.5. The van der Waals surface area contributed by atoms with E-state index in [0.717, 1.165) is 22.7 Å². The van der Waals surface area contributed by atoms with E-state index in [9.17, 15) is 18.0 Å². The second-order valence-corrected chi connectivity index (χ2v) is 14.1. The Labute approximate surface area is 290 Å². The van der Waals surface area contributed by atoms with Crippen molar-refractivity contribution < 1.29 is 18.0 Å². The molecule has 2 amide bonds. The van der Waals surface area contributed by atoms with Crippen LogP contribution in [-0.2, 0) is 32.6 Å². The van der Waals surface area contributed by atoms with Gasteiger partial charge in [0.25, 0.3) is 10.0 Å². The van der Waals surface area contributed by atoms with Crippen LogP contribution in [-0.4, -0.2) is 44.3 Å². The minimum absolute atomic E-state index is 0.0377. The topological polar surface area (TPSA) is 86.8 Å². The number of benzene rings is 4. The van der Waals surface area contributed by atoms with Crippen molar-refractivity contribution in [1.82, 2.24) is 10.2 Å². The number of nitrogens with zero attached hydrogens (tertiary/aromatic N) is 2. The van der Waals surface area contributed by atoms with Gasteiger partial charge >= 0.3 is 0 Å². The summed E-state index contributed by atoms with van der Waals surface area (Å²) in [7, 11) is -4.30. The predicted octanol–water partition coefficient (Wildman–Crippen LogP) is 8.05. The van der Waals surface area contributed by atoms with Crippen molar-refractivity contribution in [2.45, 2.75) is 43.7 Å². The maximum Gasteiger partial charge on any atom is 0.264 e. The molecular formula is C34H33Cl4N3O4S. The molecule has 0 spiro atoms. The van der Waals surface area contributed by atoms with Crippen molar-refractivity contribution in [2.24, 2.45) is 0 Å². The van der Waals surface area contributed by atoms with Crippen molar-refractivity contribution in [3.05, 3.63) is 128 Å². The Bertz CT molecular complexity index is 1740. The molecule has 0 aliphatic carbocycles. The first kappa shape index (κ1) is 35.6. The first-order valence-corrected chi connectivity index (χ1v) is 17.5. The maximum absolute atomic E-state index is 14.5. The fourth-order valence-corrected chi connectivity index (χ4v) is 7.23. The summed E-state index contributed by atoms with van der Waals surface area (Å²) in [5.41, 5.74) is 1.43. The van der Waals surface area contributed by atoms with Crippen LogP contribution in [0.2, 0.25) is 20.1 Å². The molecule has 1 atom stereocenters. The lowest BCUT2D eigenvalue weighted by molar-refractivity contribution is -0.140. The molecular weight excluding hydrogens is 688 g/mol. The zero-order valence-corrected chi connectivity index (χ0v) is 28.8. The Hall–Kier alpha value is -3.27. The fourth-order valence-electron chi connectivity index (χ4n) is 4.83. The van der Waals surface area contributed by atoms with Gasteiger partial charge in [-0.3, -0.25) is 13.9 Å². The molecule has 0 saturated carbocycles. The molecule has 1 N–H and O–H groups in total. The number of unbranched alkanes of at least 4 members (excludes halogenated alkanes) is 1. The third-order valence-electron chi connectivity index (χ3n) is 7.20. The molecule has 4 rings (SSSR count). The van der Waals surface area contributed by atoms with Crippen LogP contribution in [0, 0.1) is 0 Å². The Balaban J connectivity index is 1.82. The van der Waals surface area contributed by atoms with E-state index in [-0.39, 0.29) is 39.5 Å². The van der Waals surface area contributed by atoms with Gasteiger partial charge in [0.1, 0.15) is 12.6 Å². The Kier molecular flexibility index (Phi) is 12.8. The molecule has 0 aliphatic heterocycles. The average Bonchev–Trinajstić information content (AvgIpc) is 3.02. The van der Waals surface area contributed by atoms with Crippen molar-refractivity contribution >= 4 is 73.9 Å². The summed E-state index contributed by atoms with van der Waals surface area (Å²) in [4.78, 5) is 29.7. The van der Waals surface area contributed by atoms with Crippen LogP contribution in [0.1, 0.15) is 30.9 Å². The summed E-state index contributed by atoms with van der Waals surface area (Å²) < 4.78 is 29.1. The number of nitrogens with one attached hydrogen (secondary N) is 1. The van der Waals surface area contributed by atoms with Gasteiger partial charge in [-0.15, -0.1) is 0 Å². The van der Waals surface area contributed by atoms with E-state index in [4.69, 9.17) is 46.4 Å². The van der Waals surface area contributed by atoms with Gasteiger partial charge in [0, 0.05) is 39.6 Å². The third-order valence-corrected chi connectivity index (χ3v) is 10.0. The molecule has 0 aromatic heterocycles. The highest BCUT2D eigenvalue weighted by Crippen LogP contribution is 2.31. The van der Waals surface area contributed by atoms with Gasteiger partial charge < -0.3 is 10.2 Å². The second kappa shape index (κ2) is 16.5. The monoisotopic (exact) mass is 719 g/mol. The van der Waals surface area contributed by atoms with Crippen LogP contribution in [0.15, 0.2) is 102 Å². The van der Waals surface area contributed by atoms with Crippen molar-refractivity contribution in [1.29, 1.82) is 0 Å². The molecule has 0 saturated heterocycles. The van der Waals surface area contributed by atoms with E-state index in [1.54, 1.807) is 36.4 Å². The molecule has 4 aromatic rings. The van der Waals surface area contributed by atoms with Crippen LogP contribution in [0.4, 0.5) is 5.69 Å². The van der Waals surface area contributed by atoms with Crippen molar-refractivity contribution in [3.8, 4) is 0 Å². The highest BCUT2D eigenvalue weighted by Gasteiger charge is 2.35. The largest absolute Gasteiger partial charge is 0.354 e. The summed E-state index contributed by atoms with van der Waals surface area (Å²) in [6.45, 7) is 1.67. The Morgan fingerprint density at radius 3 is 2.04 bits per heavy atom. The summed E-state index contributed by atoms with van der Waals surface area (Å²) in [6, 6.07) is 25.2. The SMILES string of the molecule is CCCCNC(=O)C(Cc1ccccc1)N(Cc1ccc(Cl)cc1Cl)C(=O)CN(c1cc(Cl)cc(Cl)c1)S(=O)(=O)c1ccccc1. The van der Waals surface area contributed by atoms with Crippen LogP contribution < -0.4 is 9.62 Å². The predicted molar refractivity (Wildman–Crippen MR) is 186 cm³/mol. The Morgan fingerprint density at radius 2 is 1.43 bits per heavy atom. The minimum Gasteiger partial charge on any atom is -0.354 e. The number of amides is 2. The standard InChI is InChI=1S/C34H33Cl4N3O4S/c1-2-3-16-39-34(43)32(17-24-10-6-4-7-11-24)40(22-25-14-15-26(35)21-31(25)38)33(42)23-41(29-19-27(36)18-28(37)20-29)46(44,45)30-12-8-5-9-13-30/h4-15,18-21,32H,2-3,16-17,22-23H2,1H3,(H,39,43). The number of sulfonamides is 1. The van der Waals surface area contributed by atoms with E-state index >= 15 is 0 Å². The Morgan fingerprint density at radius 1 is 0.804 bits per heavy atom. The van der Waals surface area contributed by atoms with Crippen LogP contribution in [0.5, 0.6) is 0 Å². The lowest BCUT2D eigenvalue weighted by atomic mass is 10.0.